The van der Waals surface area contributed by atoms with Crippen molar-refractivity contribution >= 4 is 59.3 Å². The first kappa shape index (κ1) is 16.6. The van der Waals surface area contributed by atoms with Crippen molar-refractivity contribution in [2.24, 2.45) is 0 Å². The minimum atomic E-state index is -0.601. The molecule has 2 aromatic carbocycles. The average Bonchev–Trinajstić information content (AvgIpc) is 2.48. The van der Waals surface area contributed by atoms with Crippen LogP contribution in [0, 0.1) is 17.0 Å². The Labute approximate surface area is 142 Å². The highest BCUT2D eigenvalue weighted by Crippen LogP contribution is 2.40. The molecule has 0 bridgehead atoms. The number of anilines is 2. The molecule has 0 aliphatic carbocycles. The fourth-order valence-corrected chi connectivity index (χ4v) is 2.71. The maximum atomic E-state index is 11.6. The molecule has 8 heteroatoms. The number of halogens is 2. The molecule has 0 N–H and O–H groups in total. The topological polar surface area (TPSA) is 63.5 Å². The molecule has 0 aromatic heterocycles. The minimum absolute atomic E-state index is 0.0880. The van der Waals surface area contributed by atoms with Crippen molar-refractivity contribution in [3.8, 4) is 0 Å². The SMILES string of the molecule is Cc1ccc(Cl)c(S)c1N(C=O)c1ccc(Cl)cc1[N+](=O)[O-]. The Bertz CT molecular complexity index is 768. The summed E-state index contributed by atoms with van der Waals surface area (Å²) in [6.45, 7) is 1.75. The number of hydrogen-bond donors (Lipinski definition) is 1. The number of aryl methyl sites for hydroxylation is 1. The molecule has 0 saturated heterocycles. The molecule has 22 heavy (non-hydrogen) atoms. The van der Waals surface area contributed by atoms with Gasteiger partial charge in [0.05, 0.1) is 15.6 Å². The summed E-state index contributed by atoms with van der Waals surface area (Å²) < 4.78 is 0. The maximum absolute atomic E-state index is 11.6. The fourth-order valence-electron chi connectivity index (χ4n) is 2.04. The van der Waals surface area contributed by atoms with Crippen LogP contribution in [0.2, 0.25) is 10.0 Å². The number of amides is 1. The molecule has 0 spiro atoms. The van der Waals surface area contributed by atoms with Crippen LogP contribution >= 0.6 is 35.8 Å². The Morgan fingerprint density at radius 1 is 1.27 bits per heavy atom. The summed E-state index contributed by atoms with van der Waals surface area (Å²) in [6, 6.07) is 7.41. The van der Waals surface area contributed by atoms with Crippen LogP contribution in [0.1, 0.15) is 5.56 Å². The minimum Gasteiger partial charge on any atom is -0.278 e. The number of nitrogens with zero attached hydrogens (tertiary/aromatic N) is 2. The first-order valence-corrected chi connectivity index (χ1v) is 7.23. The van der Waals surface area contributed by atoms with Crippen LogP contribution in [0.15, 0.2) is 35.2 Å². The van der Waals surface area contributed by atoms with Crippen molar-refractivity contribution < 1.29 is 9.72 Å². The van der Waals surface area contributed by atoms with Crippen molar-refractivity contribution in [2.75, 3.05) is 4.90 Å². The van der Waals surface area contributed by atoms with Crippen LogP contribution in [0.5, 0.6) is 0 Å². The largest absolute Gasteiger partial charge is 0.294 e. The van der Waals surface area contributed by atoms with E-state index in [1.807, 2.05) is 0 Å². The third-order valence-electron chi connectivity index (χ3n) is 3.04. The molecular weight excluding hydrogens is 347 g/mol. The Hall–Kier alpha value is -1.76. The molecule has 0 unspecified atom stereocenters. The monoisotopic (exact) mass is 356 g/mol. The molecule has 0 radical (unpaired) electrons. The van der Waals surface area contributed by atoms with Gasteiger partial charge in [0, 0.05) is 16.0 Å². The van der Waals surface area contributed by atoms with E-state index in [-0.39, 0.29) is 16.4 Å². The zero-order chi connectivity index (χ0) is 16.4. The highest BCUT2D eigenvalue weighted by atomic mass is 35.5. The number of carbonyl (C=O) groups is 1. The van der Waals surface area contributed by atoms with Gasteiger partial charge in [0.1, 0.15) is 5.69 Å². The second-order valence-electron chi connectivity index (χ2n) is 4.43. The molecule has 2 aromatic rings. The summed E-state index contributed by atoms with van der Waals surface area (Å²) in [5.74, 6) is 0. The first-order valence-electron chi connectivity index (χ1n) is 6.03. The molecular formula is C14H10Cl2N2O3S. The van der Waals surface area contributed by atoms with Gasteiger partial charge in [-0.25, -0.2) is 0 Å². The summed E-state index contributed by atoms with van der Waals surface area (Å²) >= 11 is 16.1. The lowest BCUT2D eigenvalue weighted by atomic mass is 10.1. The van der Waals surface area contributed by atoms with E-state index in [1.54, 1.807) is 19.1 Å². The van der Waals surface area contributed by atoms with Crippen molar-refractivity contribution in [1.82, 2.24) is 0 Å². The molecule has 1 amide bonds. The lowest BCUT2D eigenvalue weighted by Gasteiger charge is -2.22. The van der Waals surface area contributed by atoms with E-state index in [0.29, 0.717) is 27.6 Å². The molecule has 0 saturated carbocycles. The number of nitro groups is 1. The Kier molecular flexibility index (Phi) is 4.95. The summed E-state index contributed by atoms with van der Waals surface area (Å²) in [6.07, 6.45) is 0.481. The summed E-state index contributed by atoms with van der Waals surface area (Å²) in [7, 11) is 0. The zero-order valence-electron chi connectivity index (χ0n) is 11.3. The van der Waals surface area contributed by atoms with Gasteiger partial charge in [-0.3, -0.25) is 19.8 Å². The number of thiol groups is 1. The third kappa shape index (κ3) is 3.04. The number of benzene rings is 2. The predicted octanol–water partition coefficient (Wildman–Crippen LogP) is 4.79. The van der Waals surface area contributed by atoms with Gasteiger partial charge >= 0.3 is 0 Å². The van der Waals surface area contributed by atoms with Gasteiger partial charge in [0.25, 0.3) is 5.69 Å². The average molecular weight is 357 g/mol. The number of hydrogen-bond acceptors (Lipinski definition) is 4. The van der Waals surface area contributed by atoms with Gasteiger partial charge in [-0.1, -0.05) is 29.3 Å². The van der Waals surface area contributed by atoms with Gasteiger partial charge in [0.15, 0.2) is 0 Å². The summed E-state index contributed by atoms with van der Waals surface area (Å²) in [5, 5.41) is 11.8. The molecule has 2 rings (SSSR count). The normalized spacial score (nSPS) is 10.4. The van der Waals surface area contributed by atoms with E-state index in [0.717, 1.165) is 4.90 Å². The second kappa shape index (κ2) is 6.56. The van der Waals surface area contributed by atoms with Crippen molar-refractivity contribution in [2.45, 2.75) is 11.8 Å². The molecule has 0 heterocycles. The van der Waals surface area contributed by atoms with Gasteiger partial charge < -0.3 is 0 Å². The van der Waals surface area contributed by atoms with Crippen LogP contribution in [0.4, 0.5) is 17.1 Å². The van der Waals surface area contributed by atoms with E-state index in [4.69, 9.17) is 23.2 Å². The van der Waals surface area contributed by atoms with E-state index >= 15 is 0 Å². The van der Waals surface area contributed by atoms with Crippen LogP contribution in [-0.4, -0.2) is 11.3 Å². The quantitative estimate of drug-likeness (QED) is 0.370. The van der Waals surface area contributed by atoms with Crippen LogP contribution < -0.4 is 4.90 Å². The van der Waals surface area contributed by atoms with Crippen LogP contribution in [-0.2, 0) is 4.79 Å². The molecule has 114 valence electrons. The maximum Gasteiger partial charge on any atom is 0.294 e. The van der Waals surface area contributed by atoms with Gasteiger partial charge in [0.2, 0.25) is 6.41 Å². The fraction of sp³-hybridized carbons (Fsp3) is 0.0714. The zero-order valence-corrected chi connectivity index (χ0v) is 13.7. The van der Waals surface area contributed by atoms with Gasteiger partial charge in [-0.15, -0.1) is 12.6 Å². The van der Waals surface area contributed by atoms with Gasteiger partial charge in [-0.05, 0) is 30.7 Å². The van der Waals surface area contributed by atoms with E-state index in [1.165, 1.54) is 18.2 Å². The molecule has 0 aliphatic heterocycles. The summed E-state index contributed by atoms with van der Waals surface area (Å²) in [4.78, 5) is 23.7. The standard InChI is InChI=1S/C14H10Cl2N2O3S/c1-8-2-4-10(16)14(22)13(8)17(7-19)11-5-3-9(15)6-12(11)18(20)21/h2-7,22H,1H3. The van der Waals surface area contributed by atoms with Crippen LogP contribution in [0.3, 0.4) is 0 Å². The molecule has 0 aliphatic rings. The van der Waals surface area contributed by atoms with E-state index in [2.05, 4.69) is 12.6 Å². The Morgan fingerprint density at radius 3 is 2.55 bits per heavy atom. The van der Waals surface area contributed by atoms with Crippen molar-refractivity contribution in [3.05, 3.63) is 56.1 Å². The number of nitro benzene ring substituents is 1. The number of carbonyl (C=O) groups excluding carboxylic acids is 1. The first-order chi connectivity index (χ1) is 10.4. The third-order valence-corrected chi connectivity index (χ3v) is 4.18. The Morgan fingerprint density at radius 2 is 1.95 bits per heavy atom. The van der Waals surface area contributed by atoms with E-state index in [9.17, 15) is 14.9 Å². The second-order valence-corrected chi connectivity index (χ2v) is 5.72. The Balaban J connectivity index is 2.72. The number of rotatable bonds is 4. The lowest BCUT2D eigenvalue weighted by molar-refractivity contribution is -0.384. The van der Waals surface area contributed by atoms with Crippen LogP contribution in [0.25, 0.3) is 0 Å². The van der Waals surface area contributed by atoms with E-state index < -0.39 is 4.92 Å². The molecule has 5 nitrogen and oxygen atoms in total. The molecule has 0 atom stereocenters. The predicted molar refractivity (Wildman–Crippen MR) is 89.8 cm³/mol. The van der Waals surface area contributed by atoms with Gasteiger partial charge in [-0.2, -0.15) is 0 Å². The smallest absolute Gasteiger partial charge is 0.278 e. The van der Waals surface area contributed by atoms with Crippen molar-refractivity contribution in [1.29, 1.82) is 0 Å². The lowest BCUT2D eigenvalue weighted by Crippen LogP contribution is -2.17. The van der Waals surface area contributed by atoms with Crippen molar-refractivity contribution in [3.63, 3.8) is 0 Å². The summed E-state index contributed by atoms with van der Waals surface area (Å²) in [5.41, 5.74) is 0.888. The highest BCUT2D eigenvalue weighted by Gasteiger charge is 2.24. The highest BCUT2D eigenvalue weighted by molar-refractivity contribution is 7.80. The molecule has 0 fully saturated rings.